The second kappa shape index (κ2) is 6.80. The second-order valence-electron chi connectivity index (χ2n) is 8.86. The number of likely N-dealkylation sites (N-methyl/N-ethyl adjacent to an activating group) is 1. The molecule has 5 rings (SSSR count). The number of carbonyl (C=O) groups excluding carboxylic acids is 2. The van der Waals surface area contributed by atoms with E-state index < -0.39 is 11.5 Å². The predicted molar refractivity (Wildman–Crippen MR) is 106 cm³/mol. The van der Waals surface area contributed by atoms with Gasteiger partial charge in [-0.1, -0.05) is 18.2 Å². The van der Waals surface area contributed by atoms with Crippen molar-refractivity contribution in [3.05, 3.63) is 30.3 Å². The van der Waals surface area contributed by atoms with Gasteiger partial charge in [-0.2, -0.15) is 0 Å². The Morgan fingerprint density at radius 2 is 1.81 bits per heavy atom. The van der Waals surface area contributed by atoms with Crippen LogP contribution in [0.4, 0.5) is 5.69 Å². The average Bonchev–Trinajstić information content (AvgIpc) is 2.61. The van der Waals surface area contributed by atoms with Crippen LogP contribution < -0.4 is 4.90 Å². The number of ether oxygens (including phenoxy) is 1. The van der Waals surface area contributed by atoms with Crippen LogP contribution in [0.2, 0.25) is 0 Å². The van der Waals surface area contributed by atoms with Crippen molar-refractivity contribution in [3.63, 3.8) is 0 Å². The SMILES string of the molecule is CCN(C(=O)C(C)OC(=O)C12CC3CC(CC(Cl)(C3)C1)C2)c1ccccc1. The van der Waals surface area contributed by atoms with Crippen LogP contribution in [0.5, 0.6) is 0 Å². The van der Waals surface area contributed by atoms with Gasteiger partial charge < -0.3 is 9.64 Å². The largest absolute Gasteiger partial charge is 0.452 e. The topological polar surface area (TPSA) is 46.6 Å². The number of benzene rings is 1. The maximum Gasteiger partial charge on any atom is 0.312 e. The number of rotatable bonds is 5. The standard InChI is InChI=1S/C22H28ClNO3/c1-3-24(18-7-5-4-6-8-18)19(25)15(2)27-20(26)21-10-16-9-17(11-21)13-22(23,12-16)14-21/h4-8,15-17H,3,9-14H2,1-2H3. The predicted octanol–water partition coefficient (Wildman–Crippen LogP) is 4.55. The molecule has 4 nitrogen and oxygen atoms in total. The third kappa shape index (κ3) is 3.37. The number of anilines is 1. The van der Waals surface area contributed by atoms with Crippen LogP contribution in [0, 0.1) is 17.3 Å². The highest BCUT2D eigenvalue weighted by molar-refractivity contribution is 6.24. The van der Waals surface area contributed by atoms with E-state index in [1.54, 1.807) is 11.8 Å². The molecule has 4 bridgehead atoms. The smallest absolute Gasteiger partial charge is 0.312 e. The normalized spacial score (nSPS) is 34.9. The molecule has 3 atom stereocenters. The van der Waals surface area contributed by atoms with Crippen molar-refractivity contribution >= 4 is 29.2 Å². The molecule has 3 unspecified atom stereocenters. The van der Waals surface area contributed by atoms with Gasteiger partial charge in [0.05, 0.1) is 5.41 Å². The molecule has 0 radical (unpaired) electrons. The van der Waals surface area contributed by atoms with E-state index >= 15 is 0 Å². The number of hydrogen-bond donors (Lipinski definition) is 0. The molecule has 4 saturated carbocycles. The Morgan fingerprint density at radius 3 is 2.37 bits per heavy atom. The molecule has 0 heterocycles. The van der Waals surface area contributed by atoms with Crippen molar-refractivity contribution in [1.29, 1.82) is 0 Å². The first-order chi connectivity index (χ1) is 12.8. The van der Waals surface area contributed by atoms with Gasteiger partial charge in [-0.3, -0.25) is 9.59 Å². The van der Waals surface area contributed by atoms with Gasteiger partial charge in [-0.25, -0.2) is 0 Å². The Hall–Kier alpha value is -1.55. The quantitative estimate of drug-likeness (QED) is 0.548. The molecule has 0 spiro atoms. The lowest BCUT2D eigenvalue weighted by atomic mass is 9.49. The third-order valence-corrected chi connectivity index (χ3v) is 7.15. The summed E-state index contributed by atoms with van der Waals surface area (Å²) in [6, 6.07) is 9.51. The summed E-state index contributed by atoms with van der Waals surface area (Å²) in [5.41, 5.74) is 0.340. The lowest BCUT2D eigenvalue weighted by Gasteiger charge is -2.58. The molecule has 1 amide bonds. The fourth-order valence-corrected chi connectivity index (χ4v) is 6.71. The molecule has 1 aromatic carbocycles. The third-order valence-electron chi connectivity index (χ3n) is 6.70. The van der Waals surface area contributed by atoms with Crippen molar-refractivity contribution < 1.29 is 14.3 Å². The average molecular weight is 390 g/mol. The molecule has 27 heavy (non-hydrogen) atoms. The first kappa shape index (κ1) is 18.8. The van der Waals surface area contributed by atoms with Crippen LogP contribution in [0.25, 0.3) is 0 Å². The second-order valence-corrected chi connectivity index (χ2v) is 9.66. The summed E-state index contributed by atoms with van der Waals surface area (Å²) in [7, 11) is 0. The van der Waals surface area contributed by atoms with Crippen molar-refractivity contribution in [3.8, 4) is 0 Å². The maximum absolute atomic E-state index is 13.1. The van der Waals surface area contributed by atoms with Gasteiger partial charge in [0.15, 0.2) is 6.10 Å². The fourth-order valence-electron chi connectivity index (χ4n) is 6.02. The van der Waals surface area contributed by atoms with Crippen molar-refractivity contribution in [2.45, 2.75) is 63.4 Å². The van der Waals surface area contributed by atoms with Crippen LogP contribution in [-0.4, -0.2) is 29.4 Å². The highest BCUT2D eigenvalue weighted by Crippen LogP contribution is 2.64. The Balaban J connectivity index is 1.47. The maximum atomic E-state index is 13.1. The van der Waals surface area contributed by atoms with Crippen LogP contribution >= 0.6 is 11.6 Å². The molecule has 0 aliphatic heterocycles. The van der Waals surface area contributed by atoms with Crippen molar-refractivity contribution in [2.75, 3.05) is 11.4 Å². The molecule has 4 fully saturated rings. The minimum Gasteiger partial charge on any atom is -0.452 e. The van der Waals surface area contributed by atoms with Gasteiger partial charge in [-0.05, 0) is 76.3 Å². The zero-order valence-corrected chi connectivity index (χ0v) is 16.9. The van der Waals surface area contributed by atoms with Crippen molar-refractivity contribution in [1.82, 2.24) is 0 Å². The lowest BCUT2D eigenvalue weighted by Crippen LogP contribution is -2.57. The molecule has 5 heteroatoms. The molecule has 0 aromatic heterocycles. The number of carbonyl (C=O) groups is 2. The van der Waals surface area contributed by atoms with E-state index in [0.29, 0.717) is 24.8 Å². The summed E-state index contributed by atoms with van der Waals surface area (Å²) in [4.78, 5) is 27.5. The number of amides is 1. The van der Waals surface area contributed by atoms with Crippen LogP contribution in [0.15, 0.2) is 30.3 Å². The van der Waals surface area contributed by atoms with E-state index in [9.17, 15) is 9.59 Å². The zero-order chi connectivity index (χ0) is 19.2. The van der Waals surface area contributed by atoms with Gasteiger partial charge >= 0.3 is 5.97 Å². The Bertz CT molecular complexity index is 720. The lowest BCUT2D eigenvalue weighted by molar-refractivity contribution is -0.176. The van der Waals surface area contributed by atoms with Crippen LogP contribution in [-0.2, 0) is 14.3 Å². The summed E-state index contributed by atoms with van der Waals surface area (Å²) in [6.45, 7) is 4.14. The first-order valence-corrected chi connectivity index (χ1v) is 10.5. The van der Waals surface area contributed by atoms with E-state index in [2.05, 4.69) is 0 Å². The van der Waals surface area contributed by atoms with Gasteiger partial charge in [0.2, 0.25) is 0 Å². The van der Waals surface area contributed by atoms with Crippen LogP contribution in [0.3, 0.4) is 0 Å². The monoisotopic (exact) mass is 389 g/mol. The van der Waals surface area contributed by atoms with E-state index in [-0.39, 0.29) is 16.8 Å². The molecule has 0 N–H and O–H groups in total. The number of nitrogens with zero attached hydrogens (tertiary/aromatic N) is 1. The Labute approximate surface area is 166 Å². The van der Waals surface area contributed by atoms with Crippen LogP contribution in [0.1, 0.15) is 52.4 Å². The van der Waals surface area contributed by atoms with E-state index in [4.69, 9.17) is 16.3 Å². The zero-order valence-electron chi connectivity index (χ0n) is 16.1. The molecule has 146 valence electrons. The summed E-state index contributed by atoms with van der Waals surface area (Å²) in [6.07, 6.45) is 4.87. The number of halogens is 1. The molecular weight excluding hydrogens is 362 g/mol. The summed E-state index contributed by atoms with van der Waals surface area (Å²) in [5, 5.41) is 0. The molecule has 0 saturated heterocycles. The van der Waals surface area contributed by atoms with Gasteiger partial charge in [0.1, 0.15) is 0 Å². The highest BCUT2D eigenvalue weighted by atomic mass is 35.5. The Morgan fingerprint density at radius 1 is 1.19 bits per heavy atom. The molecule has 1 aromatic rings. The summed E-state index contributed by atoms with van der Waals surface area (Å²) < 4.78 is 5.76. The first-order valence-electron chi connectivity index (χ1n) is 10.1. The number of alkyl halides is 1. The van der Waals surface area contributed by atoms with E-state index in [1.165, 1.54) is 6.42 Å². The van der Waals surface area contributed by atoms with Gasteiger partial charge in [0.25, 0.3) is 5.91 Å². The summed E-state index contributed by atoms with van der Waals surface area (Å²) in [5.74, 6) is 0.659. The molecular formula is C22H28ClNO3. The molecule has 4 aliphatic carbocycles. The summed E-state index contributed by atoms with van der Waals surface area (Å²) >= 11 is 6.83. The van der Waals surface area contributed by atoms with E-state index in [0.717, 1.165) is 31.4 Å². The van der Waals surface area contributed by atoms with Crippen molar-refractivity contribution in [2.24, 2.45) is 17.3 Å². The minimum absolute atomic E-state index is 0.178. The van der Waals surface area contributed by atoms with Gasteiger partial charge in [0, 0.05) is 17.1 Å². The number of hydrogen-bond acceptors (Lipinski definition) is 3. The van der Waals surface area contributed by atoms with Gasteiger partial charge in [-0.15, -0.1) is 11.6 Å². The fraction of sp³-hybridized carbons (Fsp3) is 0.636. The van der Waals surface area contributed by atoms with E-state index in [1.807, 2.05) is 37.3 Å². The highest BCUT2D eigenvalue weighted by Gasteiger charge is 2.61. The Kier molecular flexibility index (Phi) is 4.74. The minimum atomic E-state index is -0.795. The number of para-hydroxylation sites is 1. The number of esters is 1. The molecule has 4 aliphatic rings.